The summed E-state index contributed by atoms with van der Waals surface area (Å²) in [5.41, 5.74) is 5.01. The van der Waals surface area contributed by atoms with Crippen LogP contribution in [0.15, 0.2) is 24.3 Å². The molecule has 102 valence electrons. The van der Waals surface area contributed by atoms with Crippen molar-refractivity contribution >= 4 is 16.9 Å². The molecule has 1 aromatic carbocycles. The van der Waals surface area contributed by atoms with Crippen molar-refractivity contribution in [3.8, 4) is 11.3 Å². The number of carboxylic acids is 1. The zero-order valence-electron chi connectivity index (χ0n) is 11.6. The van der Waals surface area contributed by atoms with Gasteiger partial charge < -0.3 is 10.1 Å². The van der Waals surface area contributed by atoms with Crippen LogP contribution < -0.4 is 0 Å². The lowest BCUT2D eigenvalue weighted by Gasteiger charge is -1.98. The number of carbonyl (C=O) groups is 1. The van der Waals surface area contributed by atoms with E-state index in [1.165, 1.54) is 4.68 Å². The predicted octanol–water partition coefficient (Wildman–Crippen LogP) is 2.88. The minimum absolute atomic E-state index is 0.182. The molecule has 2 heterocycles. The smallest absolute Gasteiger partial charge is 0.354 e. The maximum Gasteiger partial charge on any atom is 0.354 e. The molecular formula is C15H15N3O2. The number of aromatic carboxylic acids is 1. The molecule has 2 N–H and O–H groups in total. The fourth-order valence-electron chi connectivity index (χ4n) is 2.56. The van der Waals surface area contributed by atoms with E-state index < -0.39 is 5.97 Å². The molecular weight excluding hydrogens is 254 g/mol. The van der Waals surface area contributed by atoms with Gasteiger partial charge in [0.05, 0.1) is 5.69 Å². The van der Waals surface area contributed by atoms with Crippen LogP contribution in [0.5, 0.6) is 0 Å². The lowest BCUT2D eigenvalue weighted by molar-refractivity contribution is 0.0685. The Balaban J connectivity index is 2.28. The number of fused-ring (bicyclic) bond motifs is 1. The van der Waals surface area contributed by atoms with Crippen molar-refractivity contribution < 1.29 is 9.90 Å². The van der Waals surface area contributed by atoms with E-state index in [0.717, 1.165) is 27.7 Å². The molecule has 0 aliphatic carbocycles. The molecule has 0 saturated heterocycles. The molecule has 3 aromatic rings. The van der Waals surface area contributed by atoms with Crippen molar-refractivity contribution in [3.05, 3.63) is 41.2 Å². The average Bonchev–Trinajstić information content (AvgIpc) is 2.88. The van der Waals surface area contributed by atoms with Gasteiger partial charge in [-0.1, -0.05) is 11.6 Å². The molecule has 20 heavy (non-hydrogen) atoms. The number of aromatic nitrogens is 3. The standard InChI is InChI=1S/C15H15N3O2/c1-8-4-5-11-10(6-8)14(9(2)16-11)12-7-13(15(19)20)18(3)17-12/h4-7,16H,1-3H3,(H,19,20). The third-order valence-corrected chi connectivity index (χ3v) is 3.50. The van der Waals surface area contributed by atoms with Crippen LogP contribution in [0.25, 0.3) is 22.2 Å². The van der Waals surface area contributed by atoms with Gasteiger partial charge in [-0.05, 0) is 32.0 Å². The highest BCUT2D eigenvalue weighted by Crippen LogP contribution is 2.32. The first-order valence-corrected chi connectivity index (χ1v) is 6.34. The van der Waals surface area contributed by atoms with Crippen LogP contribution in [0.1, 0.15) is 21.7 Å². The van der Waals surface area contributed by atoms with Gasteiger partial charge in [0.2, 0.25) is 0 Å². The predicted molar refractivity (Wildman–Crippen MR) is 76.9 cm³/mol. The number of nitrogens with zero attached hydrogens (tertiary/aromatic N) is 2. The van der Waals surface area contributed by atoms with Crippen molar-refractivity contribution in [2.45, 2.75) is 13.8 Å². The van der Waals surface area contributed by atoms with E-state index in [2.05, 4.69) is 16.1 Å². The Hall–Kier alpha value is -2.56. The molecule has 0 fully saturated rings. The first-order valence-electron chi connectivity index (χ1n) is 6.34. The highest BCUT2D eigenvalue weighted by atomic mass is 16.4. The number of aromatic amines is 1. The Kier molecular flexibility index (Phi) is 2.64. The van der Waals surface area contributed by atoms with Gasteiger partial charge in [0, 0.05) is 29.2 Å². The van der Waals surface area contributed by atoms with E-state index >= 15 is 0 Å². The van der Waals surface area contributed by atoms with Crippen LogP contribution in [0.2, 0.25) is 0 Å². The van der Waals surface area contributed by atoms with E-state index in [1.54, 1.807) is 13.1 Å². The zero-order chi connectivity index (χ0) is 14.4. The van der Waals surface area contributed by atoms with Crippen LogP contribution in [0, 0.1) is 13.8 Å². The Morgan fingerprint density at radius 2 is 2.05 bits per heavy atom. The first kappa shape index (κ1) is 12.5. The van der Waals surface area contributed by atoms with Crippen molar-refractivity contribution in [1.82, 2.24) is 14.8 Å². The summed E-state index contributed by atoms with van der Waals surface area (Å²) in [7, 11) is 1.64. The van der Waals surface area contributed by atoms with Crippen molar-refractivity contribution in [2.75, 3.05) is 0 Å². The summed E-state index contributed by atoms with van der Waals surface area (Å²) in [5.74, 6) is -0.972. The zero-order valence-corrected chi connectivity index (χ0v) is 11.6. The summed E-state index contributed by atoms with van der Waals surface area (Å²) in [4.78, 5) is 14.5. The number of nitrogens with one attached hydrogen (secondary N) is 1. The van der Waals surface area contributed by atoms with Crippen LogP contribution in [0.4, 0.5) is 0 Å². The molecule has 2 aromatic heterocycles. The summed E-state index contributed by atoms with van der Waals surface area (Å²) >= 11 is 0. The van der Waals surface area contributed by atoms with Crippen molar-refractivity contribution in [1.29, 1.82) is 0 Å². The lowest BCUT2D eigenvalue weighted by Crippen LogP contribution is -2.04. The SMILES string of the molecule is Cc1ccc2[nH]c(C)c(-c3cc(C(=O)O)n(C)n3)c2c1. The topological polar surface area (TPSA) is 70.9 Å². The van der Waals surface area contributed by atoms with Crippen LogP contribution in [0.3, 0.4) is 0 Å². The van der Waals surface area contributed by atoms with Crippen molar-refractivity contribution in [3.63, 3.8) is 0 Å². The minimum Gasteiger partial charge on any atom is -0.477 e. The largest absolute Gasteiger partial charge is 0.477 e. The van der Waals surface area contributed by atoms with Crippen LogP contribution in [-0.2, 0) is 7.05 Å². The number of H-pyrrole nitrogens is 1. The number of benzene rings is 1. The fourth-order valence-corrected chi connectivity index (χ4v) is 2.56. The molecule has 0 atom stereocenters. The highest BCUT2D eigenvalue weighted by Gasteiger charge is 2.17. The van der Waals surface area contributed by atoms with E-state index in [0.29, 0.717) is 5.69 Å². The summed E-state index contributed by atoms with van der Waals surface area (Å²) in [5, 5.41) is 14.5. The Bertz CT molecular complexity index is 827. The normalized spacial score (nSPS) is 11.2. The third kappa shape index (κ3) is 1.79. The van der Waals surface area contributed by atoms with E-state index in [4.69, 9.17) is 5.11 Å². The lowest BCUT2D eigenvalue weighted by atomic mass is 10.1. The van der Waals surface area contributed by atoms with Gasteiger partial charge in [0.1, 0.15) is 5.69 Å². The van der Waals surface area contributed by atoms with Gasteiger partial charge in [-0.25, -0.2) is 4.79 Å². The van der Waals surface area contributed by atoms with E-state index in [9.17, 15) is 4.79 Å². The molecule has 5 heteroatoms. The van der Waals surface area contributed by atoms with E-state index in [1.807, 2.05) is 26.0 Å². The highest BCUT2D eigenvalue weighted by molar-refractivity contribution is 5.98. The molecule has 0 amide bonds. The average molecular weight is 269 g/mol. The first-order chi connectivity index (χ1) is 9.47. The number of hydrogen-bond acceptors (Lipinski definition) is 2. The van der Waals surface area contributed by atoms with Crippen LogP contribution in [-0.4, -0.2) is 25.8 Å². The van der Waals surface area contributed by atoms with E-state index in [-0.39, 0.29) is 5.69 Å². The maximum absolute atomic E-state index is 11.1. The third-order valence-electron chi connectivity index (χ3n) is 3.50. The number of carboxylic acid groups (broad SMARTS) is 1. The molecule has 0 bridgehead atoms. The summed E-state index contributed by atoms with van der Waals surface area (Å²) in [6, 6.07) is 7.77. The molecule has 5 nitrogen and oxygen atoms in total. The molecule has 0 saturated carbocycles. The molecule has 0 aliphatic rings. The van der Waals surface area contributed by atoms with Gasteiger partial charge in [-0.2, -0.15) is 5.10 Å². The van der Waals surface area contributed by atoms with Gasteiger partial charge in [-0.3, -0.25) is 4.68 Å². The summed E-state index contributed by atoms with van der Waals surface area (Å²) in [6.07, 6.45) is 0. The fraction of sp³-hybridized carbons (Fsp3) is 0.200. The molecule has 0 unspecified atom stereocenters. The monoisotopic (exact) mass is 269 g/mol. The molecule has 0 radical (unpaired) electrons. The number of hydrogen-bond donors (Lipinski definition) is 2. The van der Waals surface area contributed by atoms with Gasteiger partial charge >= 0.3 is 5.97 Å². The molecule has 0 aliphatic heterocycles. The number of aryl methyl sites for hydroxylation is 3. The van der Waals surface area contributed by atoms with Gasteiger partial charge in [-0.15, -0.1) is 0 Å². The van der Waals surface area contributed by atoms with Crippen molar-refractivity contribution in [2.24, 2.45) is 7.05 Å². The second-order valence-electron chi connectivity index (χ2n) is 5.02. The minimum atomic E-state index is -0.972. The summed E-state index contributed by atoms with van der Waals surface area (Å²) < 4.78 is 1.39. The quantitative estimate of drug-likeness (QED) is 0.751. The molecule has 0 spiro atoms. The Morgan fingerprint density at radius 1 is 1.30 bits per heavy atom. The molecule has 3 rings (SSSR count). The Labute approximate surface area is 115 Å². The van der Waals surface area contributed by atoms with Gasteiger partial charge in [0.25, 0.3) is 0 Å². The summed E-state index contributed by atoms with van der Waals surface area (Å²) in [6.45, 7) is 4.01. The van der Waals surface area contributed by atoms with Gasteiger partial charge in [0.15, 0.2) is 0 Å². The second-order valence-corrected chi connectivity index (χ2v) is 5.02. The maximum atomic E-state index is 11.1. The second kappa shape index (κ2) is 4.23. The number of rotatable bonds is 2. The Morgan fingerprint density at radius 3 is 2.70 bits per heavy atom. The van der Waals surface area contributed by atoms with Crippen LogP contribution >= 0.6 is 0 Å².